The second-order valence-electron chi connectivity index (χ2n) is 3.31. The van der Waals surface area contributed by atoms with Gasteiger partial charge < -0.3 is 4.57 Å². The van der Waals surface area contributed by atoms with Gasteiger partial charge in [-0.2, -0.15) is 0 Å². The van der Waals surface area contributed by atoms with E-state index in [2.05, 4.69) is 4.98 Å². The van der Waals surface area contributed by atoms with Gasteiger partial charge >= 0.3 is 0 Å². The van der Waals surface area contributed by atoms with Crippen molar-refractivity contribution in [1.29, 1.82) is 0 Å². The van der Waals surface area contributed by atoms with Crippen molar-refractivity contribution in [2.75, 3.05) is 0 Å². The van der Waals surface area contributed by atoms with Crippen LogP contribution in [0.25, 0.3) is 0 Å². The molecule has 1 aromatic heterocycles. The van der Waals surface area contributed by atoms with Gasteiger partial charge in [0.1, 0.15) is 0 Å². The lowest BCUT2D eigenvalue weighted by Crippen LogP contribution is -2.22. The quantitative estimate of drug-likeness (QED) is 0.628. The Morgan fingerprint density at radius 3 is 3.33 bits per heavy atom. The summed E-state index contributed by atoms with van der Waals surface area (Å²) in [6.45, 7) is 1.65. The molecule has 1 aliphatic rings. The Kier molecular flexibility index (Phi) is 1.71. The first-order chi connectivity index (χ1) is 5.79. The molecular weight excluding hydrogens is 152 g/mol. The van der Waals surface area contributed by atoms with Crippen molar-refractivity contribution in [2.24, 2.45) is 0 Å². The Bertz CT molecular complexity index is 303. The Hall–Kier alpha value is -1.12. The number of carbonyl (C=O) groups excluding carboxylic acids is 1. The lowest BCUT2D eigenvalue weighted by Gasteiger charge is -2.22. The molecule has 3 heteroatoms. The number of ketones is 1. The van der Waals surface area contributed by atoms with Gasteiger partial charge in [-0.05, 0) is 26.2 Å². The topological polar surface area (TPSA) is 34.9 Å². The summed E-state index contributed by atoms with van der Waals surface area (Å²) in [5.74, 6) is 0.244. The molecule has 0 fully saturated rings. The smallest absolute Gasteiger partial charge is 0.152 e. The van der Waals surface area contributed by atoms with E-state index in [1.807, 2.05) is 10.8 Å². The number of carbonyl (C=O) groups is 1. The summed E-state index contributed by atoms with van der Waals surface area (Å²) in [6.07, 6.45) is 6.76. The van der Waals surface area contributed by atoms with Crippen molar-refractivity contribution in [2.45, 2.75) is 32.2 Å². The molecule has 0 aromatic carbocycles. The summed E-state index contributed by atoms with van der Waals surface area (Å²) in [6, 6.07) is 0.0521. The van der Waals surface area contributed by atoms with Gasteiger partial charge in [0, 0.05) is 11.9 Å². The predicted molar refractivity (Wildman–Crippen MR) is 44.9 cm³/mol. The molecule has 1 atom stereocenters. The Morgan fingerprint density at radius 2 is 2.58 bits per heavy atom. The zero-order valence-electron chi connectivity index (χ0n) is 7.16. The monoisotopic (exact) mass is 164 g/mol. The molecule has 3 nitrogen and oxygen atoms in total. The summed E-state index contributed by atoms with van der Waals surface area (Å²) in [5, 5.41) is 0. The zero-order chi connectivity index (χ0) is 8.55. The summed E-state index contributed by atoms with van der Waals surface area (Å²) < 4.78 is 2.01. The highest BCUT2D eigenvalue weighted by Gasteiger charge is 2.22. The standard InChI is InChI=1S/C9H12N2O/c1-7(12)9-4-2-3-8-5-10-6-11(8)9/h5-6,9H,2-4H2,1H3/t9-/m0/s1. The third-order valence-electron chi connectivity index (χ3n) is 2.46. The summed E-state index contributed by atoms with van der Waals surface area (Å²) in [7, 11) is 0. The highest BCUT2D eigenvalue weighted by atomic mass is 16.1. The van der Waals surface area contributed by atoms with Crippen LogP contribution in [0.15, 0.2) is 12.5 Å². The number of fused-ring (bicyclic) bond motifs is 1. The van der Waals surface area contributed by atoms with Crippen LogP contribution >= 0.6 is 0 Å². The number of hydrogen-bond acceptors (Lipinski definition) is 2. The van der Waals surface area contributed by atoms with Gasteiger partial charge in [0.05, 0.1) is 12.4 Å². The van der Waals surface area contributed by atoms with Gasteiger partial charge in [0.25, 0.3) is 0 Å². The van der Waals surface area contributed by atoms with Gasteiger partial charge in [0.15, 0.2) is 5.78 Å². The normalized spacial score (nSPS) is 21.9. The van der Waals surface area contributed by atoms with E-state index < -0.39 is 0 Å². The second kappa shape index (κ2) is 2.73. The molecule has 2 rings (SSSR count). The van der Waals surface area contributed by atoms with E-state index in [1.165, 1.54) is 5.69 Å². The molecule has 0 aliphatic carbocycles. The number of aromatic nitrogens is 2. The van der Waals surface area contributed by atoms with Gasteiger partial charge in [-0.3, -0.25) is 4.79 Å². The van der Waals surface area contributed by atoms with Crippen LogP contribution in [0.3, 0.4) is 0 Å². The van der Waals surface area contributed by atoms with E-state index in [1.54, 1.807) is 13.3 Å². The molecule has 0 amide bonds. The van der Waals surface area contributed by atoms with Gasteiger partial charge in [-0.15, -0.1) is 0 Å². The van der Waals surface area contributed by atoms with Crippen LogP contribution < -0.4 is 0 Å². The molecule has 0 saturated carbocycles. The number of nitrogens with zero attached hydrogens (tertiary/aromatic N) is 2. The molecule has 1 aromatic rings. The highest BCUT2D eigenvalue weighted by molar-refractivity contribution is 5.80. The number of rotatable bonds is 1. The van der Waals surface area contributed by atoms with E-state index in [0.29, 0.717) is 0 Å². The van der Waals surface area contributed by atoms with Gasteiger partial charge in [-0.1, -0.05) is 0 Å². The van der Waals surface area contributed by atoms with Crippen molar-refractivity contribution in [3.63, 3.8) is 0 Å². The van der Waals surface area contributed by atoms with E-state index in [9.17, 15) is 4.79 Å². The molecular formula is C9H12N2O. The first kappa shape index (κ1) is 7.53. The van der Waals surface area contributed by atoms with E-state index in [0.717, 1.165) is 19.3 Å². The highest BCUT2D eigenvalue weighted by Crippen LogP contribution is 2.24. The zero-order valence-corrected chi connectivity index (χ0v) is 7.16. The predicted octanol–water partition coefficient (Wildman–Crippen LogP) is 1.35. The molecule has 0 radical (unpaired) electrons. The van der Waals surface area contributed by atoms with Gasteiger partial charge in [0.2, 0.25) is 0 Å². The molecule has 2 heterocycles. The largest absolute Gasteiger partial charge is 0.324 e. The third-order valence-corrected chi connectivity index (χ3v) is 2.46. The summed E-state index contributed by atoms with van der Waals surface area (Å²) in [5.41, 5.74) is 1.20. The minimum atomic E-state index is 0.0521. The van der Waals surface area contributed by atoms with Crippen molar-refractivity contribution in [3.05, 3.63) is 18.2 Å². The fourth-order valence-electron chi connectivity index (χ4n) is 1.82. The maximum absolute atomic E-state index is 11.2. The number of hydrogen-bond donors (Lipinski definition) is 0. The molecule has 1 aliphatic heterocycles. The van der Waals surface area contributed by atoms with E-state index in [4.69, 9.17) is 0 Å². The third kappa shape index (κ3) is 1.05. The van der Waals surface area contributed by atoms with Crippen molar-refractivity contribution in [1.82, 2.24) is 9.55 Å². The molecule has 12 heavy (non-hydrogen) atoms. The molecule has 0 N–H and O–H groups in total. The average molecular weight is 164 g/mol. The van der Waals surface area contributed by atoms with E-state index in [-0.39, 0.29) is 11.8 Å². The number of imidazole rings is 1. The van der Waals surface area contributed by atoms with E-state index >= 15 is 0 Å². The molecule has 0 saturated heterocycles. The van der Waals surface area contributed by atoms with Crippen LogP contribution in [0.5, 0.6) is 0 Å². The van der Waals surface area contributed by atoms with Crippen molar-refractivity contribution >= 4 is 5.78 Å². The maximum Gasteiger partial charge on any atom is 0.152 e. The first-order valence-corrected chi connectivity index (χ1v) is 4.30. The summed E-state index contributed by atoms with van der Waals surface area (Å²) >= 11 is 0. The minimum absolute atomic E-state index is 0.0521. The Balaban J connectivity index is 2.37. The molecule has 0 spiro atoms. The lowest BCUT2D eigenvalue weighted by atomic mass is 10.0. The Labute approximate surface area is 71.4 Å². The van der Waals surface area contributed by atoms with Crippen molar-refractivity contribution < 1.29 is 4.79 Å². The van der Waals surface area contributed by atoms with Gasteiger partial charge in [-0.25, -0.2) is 4.98 Å². The Morgan fingerprint density at radius 1 is 1.75 bits per heavy atom. The maximum atomic E-state index is 11.2. The number of Topliss-reactive ketones (excluding diaryl/α,β-unsaturated/α-hetero) is 1. The minimum Gasteiger partial charge on any atom is -0.324 e. The second-order valence-corrected chi connectivity index (χ2v) is 3.31. The molecule has 0 bridgehead atoms. The van der Waals surface area contributed by atoms with Crippen LogP contribution in [0, 0.1) is 0 Å². The SMILES string of the molecule is CC(=O)[C@@H]1CCCc2cncn21. The lowest BCUT2D eigenvalue weighted by molar-refractivity contribution is -0.120. The van der Waals surface area contributed by atoms with Crippen LogP contribution in [0.2, 0.25) is 0 Å². The van der Waals surface area contributed by atoms with Crippen LogP contribution in [-0.2, 0) is 11.2 Å². The van der Waals surface area contributed by atoms with Crippen molar-refractivity contribution in [3.8, 4) is 0 Å². The first-order valence-electron chi connectivity index (χ1n) is 4.30. The molecule has 64 valence electrons. The van der Waals surface area contributed by atoms with Crippen LogP contribution in [0.4, 0.5) is 0 Å². The molecule has 0 unspecified atom stereocenters. The summed E-state index contributed by atoms with van der Waals surface area (Å²) in [4.78, 5) is 15.3. The average Bonchev–Trinajstić information content (AvgIpc) is 2.49. The van der Waals surface area contributed by atoms with Crippen LogP contribution in [0.1, 0.15) is 31.5 Å². The number of aryl methyl sites for hydroxylation is 1. The fourth-order valence-corrected chi connectivity index (χ4v) is 1.82. The fraction of sp³-hybridized carbons (Fsp3) is 0.556. The van der Waals surface area contributed by atoms with Crippen LogP contribution in [-0.4, -0.2) is 15.3 Å².